The van der Waals surface area contributed by atoms with Crippen molar-refractivity contribution in [2.45, 2.75) is 71.9 Å². The quantitative estimate of drug-likeness (QED) is 0.735. The van der Waals surface area contributed by atoms with Crippen molar-refractivity contribution in [1.29, 1.82) is 0 Å². The van der Waals surface area contributed by atoms with Gasteiger partial charge in [0.1, 0.15) is 0 Å². The van der Waals surface area contributed by atoms with Crippen LogP contribution in [-0.4, -0.2) is 36.6 Å². The number of hydrogen-bond donors (Lipinski definition) is 1. The highest BCUT2D eigenvalue weighted by molar-refractivity contribution is 4.78. The summed E-state index contributed by atoms with van der Waals surface area (Å²) in [5.41, 5.74) is 0. The largest absolute Gasteiger partial charge is 0.314 e. The van der Waals surface area contributed by atoms with Gasteiger partial charge < -0.3 is 10.2 Å². The molecule has 1 fully saturated rings. The lowest BCUT2D eigenvalue weighted by molar-refractivity contribution is 0.126. The van der Waals surface area contributed by atoms with E-state index in [0.717, 1.165) is 18.5 Å². The molecular weight excluding hydrogens is 208 g/mol. The third-order valence-electron chi connectivity index (χ3n) is 4.22. The molecule has 0 aromatic heterocycles. The van der Waals surface area contributed by atoms with Crippen molar-refractivity contribution in [3.8, 4) is 0 Å². The number of likely N-dealkylation sites (tertiary alicyclic amines) is 1. The fraction of sp³-hybridized carbons (Fsp3) is 1.00. The normalized spacial score (nSPS) is 22.6. The molecule has 0 radical (unpaired) electrons. The lowest BCUT2D eigenvalue weighted by Crippen LogP contribution is -2.43. The van der Waals surface area contributed by atoms with Crippen LogP contribution in [0.2, 0.25) is 0 Å². The molecule has 0 aromatic rings. The van der Waals surface area contributed by atoms with Crippen LogP contribution in [0.4, 0.5) is 0 Å². The Morgan fingerprint density at radius 2 is 1.82 bits per heavy atom. The molecule has 1 rings (SSSR count). The fourth-order valence-electron chi connectivity index (χ4n) is 3.18. The first-order valence-electron chi connectivity index (χ1n) is 7.64. The summed E-state index contributed by atoms with van der Waals surface area (Å²) in [6, 6.07) is 1.40. The lowest BCUT2D eigenvalue weighted by Gasteiger charge is -2.37. The summed E-state index contributed by atoms with van der Waals surface area (Å²) in [7, 11) is 0. The Bertz CT molecular complexity index is 185. The Morgan fingerprint density at radius 1 is 1.18 bits per heavy atom. The molecule has 1 N–H and O–H groups in total. The van der Waals surface area contributed by atoms with E-state index in [2.05, 4.69) is 37.9 Å². The molecular formula is C15H32N2. The van der Waals surface area contributed by atoms with Gasteiger partial charge in [-0.05, 0) is 58.7 Å². The van der Waals surface area contributed by atoms with Crippen molar-refractivity contribution in [2.24, 2.45) is 5.92 Å². The maximum atomic E-state index is 3.52. The molecule has 1 saturated heterocycles. The Balaban J connectivity index is 2.23. The maximum Gasteiger partial charge on any atom is 0.00816 e. The second-order valence-electron chi connectivity index (χ2n) is 5.81. The molecule has 1 aliphatic rings. The summed E-state index contributed by atoms with van der Waals surface area (Å²) in [6.45, 7) is 12.9. The topological polar surface area (TPSA) is 15.3 Å². The first kappa shape index (κ1) is 15.0. The van der Waals surface area contributed by atoms with Crippen LogP contribution in [0.3, 0.4) is 0 Å². The minimum atomic E-state index is 0.656. The molecule has 2 nitrogen and oxygen atoms in total. The first-order valence-corrected chi connectivity index (χ1v) is 7.64. The zero-order valence-corrected chi connectivity index (χ0v) is 12.3. The Kier molecular flexibility index (Phi) is 7.14. The van der Waals surface area contributed by atoms with Gasteiger partial charge in [-0.1, -0.05) is 26.7 Å². The van der Waals surface area contributed by atoms with Gasteiger partial charge >= 0.3 is 0 Å². The van der Waals surface area contributed by atoms with Gasteiger partial charge in [0.05, 0.1) is 0 Å². The molecule has 2 atom stereocenters. The Hall–Kier alpha value is -0.0800. The van der Waals surface area contributed by atoms with E-state index in [4.69, 9.17) is 0 Å². The van der Waals surface area contributed by atoms with Gasteiger partial charge in [0.25, 0.3) is 0 Å². The van der Waals surface area contributed by atoms with Crippen molar-refractivity contribution >= 4 is 0 Å². The molecule has 102 valence electrons. The van der Waals surface area contributed by atoms with Crippen LogP contribution in [0.1, 0.15) is 59.8 Å². The number of rotatable bonds is 7. The van der Waals surface area contributed by atoms with Gasteiger partial charge in [0.2, 0.25) is 0 Å². The van der Waals surface area contributed by atoms with Crippen LogP contribution in [-0.2, 0) is 0 Å². The molecule has 0 aromatic carbocycles. The van der Waals surface area contributed by atoms with E-state index in [9.17, 15) is 0 Å². The predicted octanol–water partition coefficient (Wildman–Crippen LogP) is 3.28. The number of hydrogen-bond acceptors (Lipinski definition) is 2. The predicted molar refractivity (Wildman–Crippen MR) is 76.4 cm³/mol. The van der Waals surface area contributed by atoms with Crippen LogP contribution in [0.25, 0.3) is 0 Å². The highest BCUT2D eigenvalue weighted by Crippen LogP contribution is 2.23. The average Bonchev–Trinajstić information content (AvgIpc) is 2.30. The number of nitrogens with zero attached hydrogens (tertiary/aromatic N) is 1. The Labute approximate surface area is 108 Å². The molecule has 1 heterocycles. The zero-order chi connectivity index (χ0) is 12.7. The zero-order valence-electron chi connectivity index (χ0n) is 12.3. The summed E-state index contributed by atoms with van der Waals surface area (Å²) >= 11 is 0. The van der Waals surface area contributed by atoms with Crippen molar-refractivity contribution in [1.82, 2.24) is 10.2 Å². The molecule has 0 amide bonds. The van der Waals surface area contributed by atoms with Crippen molar-refractivity contribution in [3.05, 3.63) is 0 Å². The van der Waals surface area contributed by atoms with Gasteiger partial charge in [-0.3, -0.25) is 0 Å². The first-order chi connectivity index (χ1) is 8.17. The van der Waals surface area contributed by atoms with Crippen molar-refractivity contribution in [2.75, 3.05) is 19.6 Å². The highest BCUT2D eigenvalue weighted by Gasteiger charge is 2.22. The Morgan fingerprint density at radius 3 is 2.35 bits per heavy atom. The van der Waals surface area contributed by atoms with Gasteiger partial charge in [0, 0.05) is 12.1 Å². The van der Waals surface area contributed by atoms with Gasteiger partial charge in [0.15, 0.2) is 0 Å². The van der Waals surface area contributed by atoms with Crippen LogP contribution in [0.5, 0.6) is 0 Å². The van der Waals surface area contributed by atoms with Crippen molar-refractivity contribution < 1.29 is 0 Å². The number of nitrogens with one attached hydrogen (secondary N) is 1. The molecule has 1 aliphatic heterocycles. The summed E-state index contributed by atoms with van der Waals surface area (Å²) in [4.78, 5) is 2.69. The van der Waals surface area contributed by atoms with E-state index in [-0.39, 0.29) is 0 Å². The van der Waals surface area contributed by atoms with Crippen LogP contribution in [0, 0.1) is 5.92 Å². The second-order valence-corrected chi connectivity index (χ2v) is 5.81. The molecule has 0 spiro atoms. The van der Waals surface area contributed by atoms with Crippen LogP contribution >= 0.6 is 0 Å². The lowest BCUT2D eigenvalue weighted by atomic mass is 9.91. The van der Waals surface area contributed by atoms with Gasteiger partial charge in [-0.2, -0.15) is 0 Å². The SMILES string of the molecule is CCCC1CCN(C(C)CC(C)NCC)CC1. The van der Waals surface area contributed by atoms with E-state index in [1.54, 1.807) is 0 Å². The van der Waals surface area contributed by atoms with E-state index in [0.29, 0.717) is 6.04 Å². The van der Waals surface area contributed by atoms with Crippen LogP contribution < -0.4 is 5.32 Å². The monoisotopic (exact) mass is 240 g/mol. The fourth-order valence-corrected chi connectivity index (χ4v) is 3.18. The van der Waals surface area contributed by atoms with E-state index < -0.39 is 0 Å². The molecule has 2 heteroatoms. The standard InChI is InChI=1S/C15H32N2/c1-5-7-15-8-10-17(11-9-15)14(4)12-13(3)16-6-2/h13-16H,5-12H2,1-4H3. The number of piperidine rings is 1. The third-order valence-corrected chi connectivity index (χ3v) is 4.22. The minimum absolute atomic E-state index is 0.656. The van der Waals surface area contributed by atoms with Gasteiger partial charge in [-0.15, -0.1) is 0 Å². The summed E-state index contributed by atoms with van der Waals surface area (Å²) in [5, 5.41) is 3.52. The second kappa shape index (κ2) is 8.10. The van der Waals surface area contributed by atoms with E-state index in [1.165, 1.54) is 45.2 Å². The smallest absolute Gasteiger partial charge is 0.00816 e. The average molecular weight is 240 g/mol. The molecule has 2 unspecified atom stereocenters. The molecule has 0 bridgehead atoms. The van der Waals surface area contributed by atoms with Crippen LogP contribution in [0.15, 0.2) is 0 Å². The highest BCUT2D eigenvalue weighted by atomic mass is 15.2. The minimum Gasteiger partial charge on any atom is -0.314 e. The summed E-state index contributed by atoms with van der Waals surface area (Å²) < 4.78 is 0. The third kappa shape index (κ3) is 5.39. The van der Waals surface area contributed by atoms with E-state index in [1.807, 2.05) is 0 Å². The van der Waals surface area contributed by atoms with Crippen molar-refractivity contribution in [3.63, 3.8) is 0 Å². The van der Waals surface area contributed by atoms with E-state index >= 15 is 0 Å². The maximum absolute atomic E-state index is 3.52. The summed E-state index contributed by atoms with van der Waals surface area (Å²) in [6.07, 6.45) is 6.93. The molecule has 17 heavy (non-hydrogen) atoms. The van der Waals surface area contributed by atoms with Gasteiger partial charge in [-0.25, -0.2) is 0 Å². The summed E-state index contributed by atoms with van der Waals surface area (Å²) in [5.74, 6) is 1.01. The molecule has 0 aliphatic carbocycles. The molecule has 0 saturated carbocycles.